The standard InChI is InChI=1S/C10H16N2O/c1-4-6-8(13-12-9(6)11)7-5-10(7,2)3/h7H,4-5H2,1-3H3,(H2,11,12). The van der Waals surface area contributed by atoms with E-state index in [-0.39, 0.29) is 0 Å². The molecule has 1 aliphatic carbocycles. The van der Waals surface area contributed by atoms with Crippen LogP contribution >= 0.6 is 0 Å². The number of anilines is 1. The average molecular weight is 180 g/mol. The van der Waals surface area contributed by atoms with Crippen molar-refractivity contribution < 1.29 is 4.52 Å². The number of aromatic nitrogens is 1. The number of nitrogen functional groups attached to an aromatic ring is 1. The van der Waals surface area contributed by atoms with Crippen LogP contribution in [0.5, 0.6) is 0 Å². The molecule has 0 radical (unpaired) electrons. The topological polar surface area (TPSA) is 52.0 Å². The molecule has 3 heteroatoms. The Morgan fingerprint density at radius 1 is 1.62 bits per heavy atom. The third-order valence-corrected chi connectivity index (χ3v) is 3.03. The smallest absolute Gasteiger partial charge is 0.170 e. The SMILES string of the molecule is CCc1c(N)noc1C1CC1(C)C. The van der Waals surface area contributed by atoms with Gasteiger partial charge in [-0.2, -0.15) is 0 Å². The Labute approximate surface area is 78.3 Å². The minimum atomic E-state index is 0.385. The minimum absolute atomic E-state index is 0.385. The molecule has 0 aliphatic heterocycles. The van der Waals surface area contributed by atoms with Gasteiger partial charge in [-0.05, 0) is 18.3 Å². The Morgan fingerprint density at radius 3 is 2.69 bits per heavy atom. The van der Waals surface area contributed by atoms with Gasteiger partial charge in [-0.15, -0.1) is 0 Å². The van der Waals surface area contributed by atoms with Crippen LogP contribution in [0.3, 0.4) is 0 Å². The van der Waals surface area contributed by atoms with E-state index in [0.717, 1.165) is 17.7 Å². The van der Waals surface area contributed by atoms with E-state index in [2.05, 4.69) is 25.9 Å². The second-order valence-electron chi connectivity index (χ2n) is 4.51. The fraction of sp³-hybridized carbons (Fsp3) is 0.700. The zero-order valence-corrected chi connectivity index (χ0v) is 8.42. The van der Waals surface area contributed by atoms with Crippen molar-refractivity contribution in [1.82, 2.24) is 5.16 Å². The Balaban J connectivity index is 2.32. The highest BCUT2D eigenvalue weighted by atomic mass is 16.5. The average Bonchev–Trinajstić information content (AvgIpc) is 2.55. The summed E-state index contributed by atoms with van der Waals surface area (Å²) in [5.74, 6) is 2.12. The third kappa shape index (κ3) is 1.23. The van der Waals surface area contributed by atoms with Crippen molar-refractivity contribution in [1.29, 1.82) is 0 Å². The summed E-state index contributed by atoms with van der Waals surface area (Å²) in [6.45, 7) is 6.58. The predicted molar refractivity (Wildman–Crippen MR) is 51.4 cm³/mol. The molecule has 0 spiro atoms. The lowest BCUT2D eigenvalue weighted by Crippen LogP contribution is -1.94. The second kappa shape index (κ2) is 2.50. The molecule has 1 fully saturated rings. The number of hydrogen-bond acceptors (Lipinski definition) is 3. The van der Waals surface area contributed by atoms with Gasteiger partial charge in [0.05, 0.1) is 0 Å². The van der Waals surface area contributed by atoms with Gasteiger partial charge in [-0.25, -0.2) is 0 Å². The van der Waals surface area contributed by atoms with Crippen molar-refractivity contribution in [3.8, 4) is 0 Å². The monoisotopic (exact) mass is 180 g/mol. The summed E-state index contributed by atoms with van der Waals surface area (Å²) in [6, 6.07) is 0. The van der Waals surface area contributed by atoms with Crippen LogP contribution in [0, 0.1) is 5.41 Å². The molecule has 1 saturated carbocycles. The highest BCUT2D eigenvalue weighted by molar-refractivity contribution is 5.43. The Kier molecular flexibility index (Phi) is 1.65. The van der Waals surface area contributed by atoms with Crippen molar-refractivity contribution in [2.24, 2.45) is 5.41 Å². The first-order chi connectivity index (χ1) is 6.06. The van der Waals surface area contributed by atoms with Crippen molar-refractivity contribution in [2.45, 2.75) is 39.5 Å². The fourth-order valence-electron chi connectivity index (χ4n) is 1.88. The molecule has 0 aromatic carbocycles. The Morgan fingerprint density at radius 2 is 2.23 bits per heavy atom. The number of hydrogen-bond donors (Lipinski definition) is 1. The van der Waals surface area contributed by atoms with E-state index in [1.54, 1.807) is 0 Å². The maximum absolute atomic E-state index is 5.70. The van der Waals surface area contributed by atoms with E-state index in [1.807, 2.05) is 0 Å². The molecule has 0 bridgehead atoms. The summed E-state index contributed by atoms with van der Waals surface area (Å²) in [4.78, 5) is 0. The number of rotatable bonds is 2. The fourth-order valence-corrected chi connectivity index (χ4v) is 1.88. The van der Waals surface area contributed by atoms with Crippen LogP contribution < -0.4 is 5.73 Å². The molecule has 3 nitrogen and oxygen atoms in total. The quantitative estimate of drug-likeness (QED) is 0.760. The van der Waals surface area contributed by atoms with Crippen LogP contribution in [0.4, 0.5) is 5.82 Å². The summed E-state index contributed by atoms with van der Waals surface area (Å²) in [7, 11) is 0. The van der Waals surface area contributed by atoms with Crippen LogP contribution in [-0.2, 0) is 6.42 Å². The predicted octanol–water partition coefficient (Wildman–Crippen LogP) is 2.33. The van der Waals surface area contributed by atoms with Crippen LogP contribution in [0.1, 0.15) is 44.4 Å². The van der Waals surface area contributed by atoms with E-state index in [1.165, 1.54) is 6.42 Å². The molecule has 1 atom stereocenters. The van der Waals surface area contributed by atoms with Crippen molar-refractivity contribution >= 4 is 5.82 Å². The molecule has 1 aromatic rings. The Bertz CT molecular complexity index is 328. The van der Waals surface area contributed by atoms with E-state index in [9.17, 15) is 0 Å². The lowest BCUT2D eigenvalue weighted by molar-refractivity contribution is 0.374. The van der Waals surface area contributed by atoms with Gasteiger partial charge < -0.3 is 10.3 Å². The van der Waals surface area contributed by atoms with Gasteiger partial charge in [-0.1, -0.05) is 25.9 Å². The third-order valence-electron chi connectivity index (χ3n) is 3.03. The van der Waals surface area contributed by atoms with Gasteiger partial charge in [0.1, 0.15) is 5.76 Å². The lowest BCUT2D eigenvalue weighted by Gasteiger charge is -2.00. The zero-order valence-electron chi connectivity index (χ0n) is 8.42. The summed E-state index contributed by atoms with van der Waals surface area (Å²) in [5, 5.41) is 3.82. The van der Waals surface area contributed by atoms with Crippen molar-refractivity contribution in [3.63, 3.8) is 0 Å². The van der Waals surface area contributed by atoms with Crippen molar-refractivity contribution in [3.05, 3.63) is 11.3 Å². The molecule has 0 saturated heterocycles. The normalized spacial score (nSPS) is 24.7. The molecular formula is C10H16N2O. The highest BCUT2D eigenvalue weighted by Crippen LogP contribution is 2.59. The molecule has 13 heavy (non-hydrogen) atoms. The first-order valence-corrected chi connectivity index (χ1v) is 4.80. The van der Waals surface area contributed by atoms with E-state index >= 15 is 0 Å². The summed E-state index contributed by atoms with van der Waals surface area (Å²) in [5.41, 5.74) is 7.19. The van der Waals surface area contributed by atoms with E-state index in [0.29, 0.717) is 17.2 Å². The maximum Gasteiger partial charge on any atom is 0.170 e. The molecule has 1 aliphatic rings. The van der Waals surface area contributed by atoms with Gasteiger partial charge in [0.25, 0.3) is 0 Å². The molecule has 72 valence electrons. The van der Waals surface area contributed by atoms with Gasteiger partial charge >= 0.3 is 0 Å². The zero-order chi connectivity index (χ0) is 9.64. The second-order valence-corrected chi connectivity index (χ2v) is 4.51. The first kappa shape index (κ1) is 8.60. The summed E-state index contributed by atoms with van der Waals surface area (Å²) < 4.78 is 5.27. The molecule has 2 N–H and O–H groups in total. The molecule has 2 rings (SSSR count). The summed E-state index contributed by atoms with van der Waals surface area (Å²) >= 11 is 0. The molecule has 0 amide bonds. The van der Waals surface area contributed by atoms with Gasteiger partial charge in [-0.3, -0.25) is 0 Å². The first-order valence-electron chi connectivity index (χ1n) is 4.80. The van der Waals surface area contributed by atoms with Crippen molar-refractivity contribution in [2.75, 3.05) is 5.73 Å². The van der Waals surface area contributed by atoms with Gasteiger partial charge in [0.15, 0.2) is 5.82 Å². The Hall–Kier alpha value is -0.990. The molecular weight excluding hydrogens is 164 g/mol. The van der Waals surface area contributed by atoms with E-state index in [4.69, 9.17) is 10.3 Å². The van der Waals surface area contributed by atoms with Crippen LogP contribution in [0.15, 0.2) is 4.52 Å². The maximum atomic E-state index is 5.70. The van der Waals surface area contributed by atoms with Gasteiger partial charge in [0.2, 0.25) is 0 Å². The van der Waals surface area contributed by atoms with Crippen LogP contribution in [0.25, 0.3) is 0 Å². The molecule has 1 heterocycles. The largest absolute Gasteiger partial charge is 0.381 e. The van der Waals surface area contributed by atoms with E-state index < -0.39 is 0 Å². The number of nitrogens with two attached hydrogens (primary N) is 1. The van der Waals surface area contributed by atoms with Crippen LogP contribution in [-0.4, -0.2) is 5.16 Å². The summed E-state index contributed by atoms with van der Waals surface area (Å²) in [6.07, 6.45) is 2.10. The molecule has 1 aromatic heterocycles. The van der Waals surface area contributed by atoms with Gasteiger partial charge in [0, 0.05) is 11.5 Å². The minimum Gasteiger partial charge on any atom is -0.381 e. The highest BCUT2D eigenvalue weighted by Gasteiger charge is 2.50. The molecule has 1 unspecified atom stereocenters. The number of nitrogens with zero attached hydrogens (tertiary/aromatic N) is 1. The van der Waals surface area contributed by atoms with Crippen LogP contribution in [0.2, 0.25) is 0 Å². The lowest BCUT2D eigenvalue weighted by atomic mass is 10.0.